The number of aliphatic carboxylic acids is 1. The van der Waals surface area contributed by atoms with Gasteiger partial charge in [0.05, 0.1) is 11.6 Å². The Labute approximate surface area is 106 Å². The van der Waals surface area contributed by atoms with Crippen LogP contribution in [-0.4, -0.2) is 33.3 Å². The summed E-state index contributed by atoms with van der Waals surface area (Å²) in [5.41, 5.74) is 1.77. The second-order valence-electron chi connectivity index (χ2n) is 4.33. The maximum Gasteiger partial charge on any atom is 0.308 e. The molecule has 0 aliphatic carbocycles. The molecule has 1 rings (SSSR count). The van der Waals surface area contributed by atoms with Crippen LogP contribution in [0.2, 0.25) is 0 Å². The third kappa shape index (κ3) is 3.87. The number of carbonyl (C=O) groups is 2. The molecule has 1 amide bonds. The summed E-state index contributed by atoms with van der Waals surface area (Å²) in [6.07, 6.45) is 0.496. The van der Waals surface area contributed by atoms with Gasteiger partial charge >= 0.3 is 5.97 Å². The van der Waals surface area contributed by atoms with Gasteiger partial charge in [0, 0.05) is 12.2 Å². The lowest BCUT2D eigenvalue weighted by Crippen LogP contribution is -2.35. The van der Waals surface area contributed by atoms with Crippen molar-refractivity contribution in [3.8, 4) is 0 Å². The fourth-order valence-electron chi connectivity index (χ4n) is 1.67. The van der Waals surface area contributed by atoms with Gasteiger partial charge in [-0.25, -0.2) is 0 Å². The molecule has 6 heteroatoms. The molecule has 0 bridgehead atoms. The number of rotatable bonds is 6. The van der Waals surface area contributed by atoms with Gasteiger partial charge in [-0.05, 0) is 26.3 Å². The van der Waals surface area contributed by atoms with Crippen LogP contribution in [0, 0.1) is 19.8 Å². The van der Waals surface area contributed by atoms with Crippen molar-refractivity contribution in [3.63, 3.8) is 0 Å². The molecule has 0 fully saturated rings. The molecule has 1 atom stereocenters. The van der Waals surface area contributed by atoms with Gasteiger partial charge in [-0.3, -0.25) is 14.3 Å². The van der Waals surface area contributed by atoms with E-state index in [0.29, 0.717) is 6.42 Å². The first-order valence-electron chi connectivity index (χ1n) is 5.94. The van der Waals surface area contributed by atoms with Crippen LogP contribution in [0.4, 0.5) is 0 Å². The summed E-state index contributed by atoms with van der Waals surface area (Å²) in [4.78, 5) is 22.4. The maximum absolute atomic E-state index is 11.7. The lowest BCUT2D eigenvalue weighted by Gasteiger charge is -2.11. The first-order chi connectivity index (χ1) is 8.43. The molecule has 0 aliphatic heterocycles. The minimum Gasteiger partial charge on any atom is -0.481 e. The highest BCUT2D eigenvalue weighted by Gasteiger charge is 2.16. The quantitative estimate of drug-likeness (QED) is 0.782. The van der Waals surface area contributed by atoms with E-state index in [0.717, 1.165) is 11.4 Å². The van der Waals surface area contributed by atoms with Crippen LogP contribution in [0.5, 0.6) is 0 Å². The number of amides is 1. The highest BCUT2D eigenvalue weighted by atomic mass is 16.4. The summed E-state index contributed by atoms with van der Waals surface area (Å²) in [5, 5.41) is 15.6. The summed E-state index contributed by atoms with van der Waals surface area (Å²) in [6.45, 7) is 5.80. The topological polar surface area (TPSA) is 84.2 Å². The molecule has 1 heterocycles. The molecular formula is C12H19N3O3. The highest BCUT2D eigenvalue weighted by Crippen LogP contribution is 2.02. The molecule has 0 saturated heterocycles. The number of aryl methyl sites for hydroxylation is 2. The van der Waals surface area contributed by atoms with Crippen LogP contribution in [0.25, 0.3) is 0 Å². The van der Waals surface area contributed by atoms with Crippen molar-refractivity contribution in [2.24, 2.45) is 5.92 Å². The third-order valence-corrected chi connectivity index (χ3v) is 2.78. The van der Waals surface area contributed by atoms with Gasteiger partial charge in [0.15, 0.2) is 0 Å². The third-order valence-electron chi connectivity index (χ3n) is 2.78. The number of hydrogen-bond acceptors (Lipinski definition) is 3. The van der Waals surface area contributed by atoms with E-state index in [1.807, 2.05) is 19.9 Å². The Bertz CT molecular complexity index is 440. The van der Waals surface area contributed by atoms with E-state index >= 15 is 0 Å². The Balaban J connectivity index is 2.47. The summed E-state index contributed by atoms with van der Waals surface area (Å²) in [7, 11) is 0. The van der Waals surface area contributed by atoms with Gasteiger partial charge in [-0.2, -0.15) is 5.10 Å². The predicted molar refractivity (Wildman–Crippen MR) is 66.1 cm³/mol. The van der Waals surface area contributed by atoms with E-state index in [1.54, 1.807) is 11.6 Å². The molecule has 6 nitrogen and oxygen atoms in total. The van der Waals surface area contributed by atoms with Gasteiger partial charge in [0.1, 0.15) is 6.54 Å². The molecule has 0 saturated carbocycles. The summed E-state index contributed by atoms with van der Waals surface area (Å²) in [6, 6.07) is 1.89. The summed E-state index contributed by atoms with van der Waals surface area (Å²) in [5.74, 6) is -1.64. The van der Waals surface area contributed by atoms with Gasteiger partial charge in [-0.15, -0.1) is 0 Å². The molecule has 0 radical (unpaired) electrons. The molecule has 100 valence electrons. The van der Waals surface area contributed by atoms with E-state index in [-0.39, 0.29) is 19.0 Å². The van der Waals surface area contributed by atoms with Gasteiger partial charge < -0.3 is 10.4 Å². The van der Waals surface area contributed by atoms with Gasteiger partial charge in [0.25, 0.3) is 0 Å². The van der Waals surface area contributed by atoms with Crippen LogP contribution in [-0.2, 0) is 16.1 Å². The average molecular weight is 253 g/mol. The lowest BCUT2D eigenvalue weighted by atomic mass is 10.1. The molecule has 0 aliphatic rings. The number of nitrogens with zero attached hydrogens (tertiary/aromatic N) is 2. The Kier molecular flexibility index (Phi) is 4.88. The summed E-state index contributed by atoms with van der Waals surface area (Å²) >= 11 is 0. The van der Waals surface area contributed by atoms with Crippen LogP contribution >= 0.6 is 0 Å². The zero-order valence-corrected chi connectivity index (χ0v) is 10.9. The Morgan fingerprint density at radius 1 is 1.50 bits per heavy atom. The number of carboxylic acid groups (broad SMARTS) is 1. The second kappa shape index (κ2) is 6.18. The first-order valence-corrected chi connectivity index (χ1v) is 5.94. The fraction of sp³-hybridized carbons (Fsp3) is 0.583. The smallest absolute Gasteiger partial charge is 0.308 e. The van der Waals surface area contributed by atoms with Gasteiger partial charge in [-0.1, -0.05) is 6.92 Å². The fourth-order valence-corrected chi connectivity index (χ4v) is 1.67. The second-order valence-corrected chi connectivity index (χ2v) is 4.33. The zero-order valence-electron chi connectivity index (χ0n) is 10.9. The van der Waals surface area contributed by atoms with E-state index in [4.69, 9.17) is 5.11 Å². The van der Waals surface area contributed by atoms with E-state index in [2.05, 4.69) is 10.4 Å². The van der Waals surface area contributed by atoms with Crippen molar-refractivity contribution in [1.82, 2.24) is 15.1 Å². The standard InChI is InChI=1S/C12H19N3O3/c1-4-10(12(17)18)6-13-11(16)7-15-9(3)5-8(2)14-15/h5,10H,4,6-7H2,1-3H3,(H,13,16)(H,17,18). The average Bonchev–Trinajstić information content (AvgIpc) is 2.57. The molecule has 2 N–H and O–H groups in total. The minimum absolute atomic E-state index is 0.121. The largest absolute Gasteiger partial charge is 0.481 e. The van der Waals surface area contributed by atoms with Crippen LogP contribution in [0.3, 0.4) is 0 Å². The number of aromatic nitrogens is 2. The SMILES string of the molecule is CCC(CNC(=O)Cn1nc(C)cc1C)C(=O)O. The van der Waals surface area contributed by atoms with E-state index in [1.165, 1.54) is 0 Å². The van der Waals surface area contributed by atoms with Crippen molar-refractivity contribution >= 4 is 11.9 Å². The minimum atomic E-state index is -0.885. The molecule has 0 spiro atoms. The van der Waals surface area contributed by atoms with Crippen LogP contribution in [0.15, 0.2) is 6.07 Å². The summed E-state index contributed by atoms with van der Waals surface area (Å²) < 4.78 is 1.60. The maximum atomic E-state index is 11.7. The molecule has 1 aromatic rings. The van der Waals surface area contributed by atoms with Crippen molar-refractivity contribution in [2.45, 2.75) is 33.7 Å². The first kappa shape index (κ1) is 14.2. The van der Waals surface area contributed by atoms with Crippen molar-refractivity contribution in [3.05, 3.63) is 17.5 Å². The number of carboxylic acids is 1. The number of carbonyl (C=O) groups excluding carboxylic acids is 1. The van der Waals surface area contributed by atoms with Crippen LogP contribution in [0.1, 0.15) is 24.7 Å². The Hall–Kier alpha value is -1.85. The number of hydrogen-bond donors (Lipinski definition) is 2. The Morgan fingerprint density at radius 3 is 2.61 bits per heavy atom. The highest BCUT2D eigenvalue weighted by molar-refractivity contribution is 5.77. The molecule has 1 aromatic heterocycles. The Morgan fingerprint density at radius 2 is 2.17 bits per heavy atom. The molecule has 0 aromatic carbocycles. The van der Waals surface area contributed by atoms with Gasteiger partial charge in [0.2, 0.25) is 5.91 Å². The van der Waals surface area contributed by atoms with Crippen molar-refractivity contribution in [2.75, 3.05) is 6.54 Å². The van der Waals surface area contributed by atoms with Crippen molar-refractivity contribution in [1.29, 1.82) is 0 Å². The molecular weight excluding hydrogens is 234 g/mol. The lowest BCUT2D eigenvalue weighted by molar-refractivity contribution is -0.141. The molecule has 1 unspecified atom stereocenters. The van der Waals surface area contributed by atoms with Crippen LogP contribution < -0.4 is 5.32 Å². The van der Waals surface area contributed by atoms with E-state index in [9.17, 15) is 9.59 Å². The monoisotopic (exact) mass is 253 g/mol. The van der Waals surface area contributed by atoms with Crippen molar-refractivity contribution < 1.29 is 14.7 Å². The van der Waals surface area contributed by atoms with E-state index < -0.39 is 11.9 Å². The number of nitrogens with one attached hydrogen (secondary N) is 1. The zero-order chi connectivity index (χ0) is 13.7. The molecule has 18 heavy (non-hydrogen) atoms. The predicted octanol–water partition coefficient (Wildman–Crippen LogP) is 0.727. The normalized spacial score (nSPS) is 12.2.